The molecule has 3 rings (SSSR count). The van der Waals surface area contributed by atoms with Gasteiger partial charge in [0.05, 0.1) is 31.0 Å². The Balaban J connectivity index is 1.45. The van der Waals surface area contributed by atoms with Gasteiger partial charge in [-0.2, -0.15) is 4.37 Å². The molecule has 1 aliphatic heterocycles. The van der Waals surface area contributed by atoms with Crippen molar-refractivity contribution >= 4 is 17.3 Å². The average molecular weight is 309 g/mol. The largest absolute Gasteiger partial charge is 0.475 e. The van der Waals surface area contributed by atoms with Crippen LogP contribution in [0.4, 0.5) is 0 Å². The van der Waals surface area contributed by atoms with Gasteiger partial charge in [-0.05, 0) is 38.3 Å². The molecule has 0 N–H and O–H groups in total. The Bertz CT molecular complexity index is 485. The van der Waals surface area contributed by atoms with Crippen LogP contribution in [0.1, 0.15) is 37.8 Å². The fraction of sp³-hybridized carbons (Fsp3) is 0.733. The smallest absolute Gasteiger partial charge is 0.253 e. The molecular formula is C15H23N3O2S. The summed E-state index contributed by atoms with van der Waals surface area (Å²) in [5.41, 5.74) is 2.16. The number of hydrogen-bond acceptors (Lipinski definition) is 6. The first-order valence-corrected chi connectivity index (χ1v) is 8.51. The van der Waals surface area contributed by atoms with Crippen LogP contribution < -0.4 is 4.74 Å². The summed E-state index contributed by atoms with van der Waals surface area (Å²) in [5, 5.41) is 0. The minimum Gasteiger partial charge on any atom is -0.475 e. The molecule has 2 heterocycles. The van der Waals surface area contributed by atoms with Crippen LogP contribution in [0, 0.1) is 0 Å². The highest BCUT2D eigenvalue weighted by atomic mass is 32.1. The summed E-state index contributed by atoms with van der Waals surface area (Å²) < 4.78 is 20.2. The lowest BCUT2D eigenvalue weighted by molar-refractivity contribution is -0.00235. The quantitative estimate of drug-likeness (QED) is 0.725. The average Bonchev–Trinajstić information content (AvgIpc) is 2.89. The van der Waals surface area contributed by atoms with Crippen molar-refractivity contribution in [3.63, 3.8) is 0 Å². The van der Waals surface area contributed by atoms with Crippen molar-refractivity contribution in [3.05, 3.63) is 11.8 Å². The maximum absolute atomic E-state index is 5.80. The zero-order valence-electron chi connectivity index (χ0n) is 12.6. The Hall–Kier alpha value is -0.980. The Morgan fingerprint density at radius 3 is 3.00 bits per heavy atom. The standard InChI is InChI=1S/C15H23N3O2S/c1-18-8-3-5-12(11-18)14-15(17-21-16-14)20-10-4-9-19-13-6-2-7-13/h5,13H,2-4,6-11H2,1H3. The van der Waals surface area contributed by atoms with E-state index in [0.717, 1.165) is 38.2 Å². The van der Waals surface area contributed by atoms with Crippen molar-refractivity contribution < 1.29 is 9.47 Å². The molecule has 0 aromatic carbocycles. The lowest BCUT2D eigenvalue weighted by Gasteiger charge is -2.25. The molecule has 2 aliphatic rings. The molecule has 1 aliphatic carbocycles. The number of ether oxygens (including phenoxy) is 2. The van der Waals surface area contributed by atoms with Crippen LogP contribution in [0.5, 0.6) is 5.88 Å². The van der Waals surface area contributed by atoms with Gasteiger partial charge in [0.15, 0.2) is 0 Å². The Kier molecular flexibility index (Phi) is 5.22. The molecule has 0 atom stereocenters. The van der Waals surface area contributed by atoms with Crippen LogP contribution in [0.2, 0.25) is 0 Å². The molecule has 0 amide bonds. The van der Waals surface area contributed by atoms with Crippen molar-refractivity contribution in [1.29, 1.82) is 0 Å². The first-order chi connectivity index (χ1) is 10.3. The van der Waals surface area contributed by atoms with E-state index in [1.807, 2.05) is 0 Å². The van der Waals surface area contributed by atoms with E-state index >= 15 is 0 Å². The molecule has 0 unspecified atom stereocenters. The normalized spacial score (nSPS) is 20.1. The fourth-order valence-corrected chi connectivity index (χ4v) is 3.08. The molecule has 1 saturated carbocycles. The number of hydrogen-bond donors (Lipinski definition) is 0. The van der Waals surface area contributed by atoms with Crippen molar-refractivity contribution in [2.45, 2.75) is 38.2 Å². The number of rotatable bonds is 7. The highest BCUT2D eigenvalue weighted by Crippen LogP contribution is 2.27. The van der Waals surface area contributed by atoms with Crippen LogP contribution in [-0.2, 0) is 4.74 Å². The maximum Gasteiger partial charge on any atom is 0.253 e. The summed E-state index contributed by atoms with van der Waals surface area (Å²) in [6.45, 7) is 3.46. The van der Waals surface area contributed by atoms with Gasteiger partial charge in [-0.1, -0.05) is 6.08 Å². The number of likely N-dealkylation sites (N-methyl/N-ethyl adjacent to an activating group) is 1. The summed E-state index contributed by atoms with van der Waals surface area (Å²) in [5.74, 6) is 0.685. The van der Waals surface area contributed by atoms with Crippen LogP contribution >= 0.6 is 11.7 Å². The van der Waals surface area contributed by atoms with Crippen LogP contribution in [0.25, 0.3) is 5.57 Å². The summed E-state index contributed by atoms with van der Waals surface area (Å²) in [4.78, 5) is 2.30. The second-order valence-corrected chi connectivity index (χ2v) is 6.33. The van der Waals surface area contributed by atoms with E-state index < -0.39 is 0 Å². The van der Waals surface area contributed by atoms with Gasteiger partial charge >= 0.3 is 0 Å². The van der Waals surface area contributed by atoms with Gasteiger partial charge in [-0.15, -0.1) is 4.37 Å². The zero-order valence-corrected chi connectivity index (χ0v) is 13.4. The minimum absolute atomic E-state index is 0.504. The van der Waals surface area contributed by atoms with Crippen molar-refractivity contribution in [1.82, 2.24) is 13.6 Å². The third-order valence-corrected chi connectivity index (χ3v) is 4.55. The van der Waals surface area contributed by atoms with E-state index in [9.17, 15) is 0 Å². The number of aromatic nitrogens is 2. The van der Waals surface area contributed by atoms with Crippen LogP contribution in [0.3, 0.4) is 0 Å². The van der Waals surface area contributed by atoms with E-state index in [1.54, 1.807) is 0 Å². The summed E-state index contributed by atoms with van der Waals surface area (Å²) in [6.07, 6.45) is 8.50. The van der Waals surface area contributed by atoms with Gasteiger partial charge in [0.25, 0.3) is 5.88 Å². The van der Waals surface area contributed by atoms with Crippen molar-refractivity contribution in [2.75, 3.05) is 33.4 Å². The monoisotopic (exact) mass is 309 g/mol. The fourth-order valence-electron chi connectivity index (χ4n) is 2.55. The summed E-state index contributed by atoms with van der Waals surface area (Å²) in [6, 6.07) is 0. The predicted octanol–water partition coefficient (Wildman–Crippen LogP) is 2.60. The van der Waals surface area contributed by atoms with Crippen molar-refractivity contribution in [3.8, 4) is 5.88 Å². The van der Waals surface area contributed by atoms with E-state index in [4.69, 9.17) is 9.47 Å². The molecule has 0 saturated heterocycles. The first-order valence-electron chi connectivity index (χ1n) is 7.78. The second kappa shape index (κ2) is 7.33. The van der Waals surface area contributed by atoms with E-state index in [2.05, 4.69) is 26.8 Å². The zero-order chi connectivity index (χ0) is 14.5. The Morgan fingerprint density at radius 2 is 2.24 bits per heavy atom. The van der Waals surface area contributed by atoms with Gasteiger partial charge in [0.2, 0.25) is 0 Å². The van der Waals surface area contributed by atoms with Gasteiger partial charge in [-0.25, -0.2) is 0 Å². The molecular weight excluding hydrogens is 286 g/mol. The van der Waals surface area contributed by atoms with E-state index in [-0.39, 0.29) is 0 Å². The third-order valence-electron chi connectivity index (χ3n) is 4.04. The Labute approximate surface area is 130 Å². The molecule has 116 valence electrons. The molecule has 0 bridgehead atoms. The molecule has 21 heavy (non-hydrogen) atoms. The predicted molar refractivity (Wildman–Crippen MR) is 83.7 cm³/mol. The summed E-state index contributed by atoms with van der Waals surface area (Å²) >= 11 is 1.23. The second-order valence-electron chi connectivity index (χ2n) is 5.80. The van der Waals surface area contributed by atoms with Crippen LogP contribution in [0.15, 0.2) is 6.08 Å². The molecule has 5 nitrogen and oxygen atoms in total. The molecule has 1 aromatic rings. The lowest BCUT2D eigenvalue weighted by atomic mass is 9.96. The van der Waals surface area contributed by atoms with Crippen molar-refractivity contribution in [2.24, 2.45) is 0 Å². The third kappa shape index (κ3) is 4.02. The van der Waals surface area contributed by atoms with E-state index in [1.165, 1.54) is 36.6 Å². The maximum atomic E-state index is 5.80. The topological polar surface area (TPSA) is 47.5 Å². The van der Waals surface area contributed by atoms with Gasteiger partial charge in [0.1, 0.15) is 5.69 Å². The highest BCUT2D eigenvalue weighted by Gasteiger charge is 2.19. The molecule has 6 heteroatoms. The first kappa shape index (κ1) is 14.9. The number of nitrogens with zero attached hydrogens (tertiary/aromatic N) is 3. The molecule has 1 aromatic heterocycles. The highest BCUT2D eigenvalue weighted by molar-refractivity contribution is 6.99. The minimum atomic E-state index is 0.504. The summed E-state index contributed by atoms with van der Waals surface area (Å²) in [7, 11) is 2.13. The van der Waals surface area contributed by atoms with Gasteiger partial charge in [-0.3, -0.25) is 0 Å². The van der Waals surface area contributed by atoms with E-state index in [0.29, 0.717) is 18.6 Å². The van der Waals surface area contributed by atoms with Gasteiger partial charge < -0.3 is 14.4 Å². The molecule has 1 fully saturated rings. The molecule has 0 radical (unpaired) electrons. The Morgan fingerprint density at radius 1 is 1.33 bits per heavy atom. The lowest BCUT2D eigenvalue weighted by Crippen LogP contribution is -2.25. The van der Waals surface area contributed by atoms with Crippen LogP contribution in [-0.4, -0.2) is 53.1 Å². The molecule has 0 spiro atoms. The van der Waals surface area contributed by atoms with Gasteiger partial charge in [0, 0.05) is 19.5 Å². The SMILES string of the molecule is CN1CCC=C(c2nsnc2OCCCOC2CCC2)C1.